The minimum absolute atomic E-state index is 0.0983. The van der Waals surface area contributed by atoms with Gasteiger partial charge in [0.25, 0.3) is 0 Å². The van der Waals surface area contributed by atoms with Crippen molar-refractivity contribution in [2.75, 3.05) is 14.2 Å². The quantitative estimate of drug-likeness (QED) is 0.778. The van der Waals surface area contributed by atoms with Gasteiger partial charge in [0.2, 0.25) is 5.91 Å². The molecule has 28 heavy (non-hydrogen) atoms. The fourth-order valence-electron chi connectivity index (χ4n) is 3.70. The molecule has 2 atom stereocenters. The van der Waals surface area contributed by atoms with Crippen molar-refractivity contribution < 1.29 is 23.9 Å². The Balaban J connectivity index is 1.88. The van der Waals surface area contributed by atoms with Crippen molar-refractivity contribution in [2.24, 2.45) is 5.92 Å². The summed E-state index contributed by atoms with van der Waals surface area (Å²) in [7, 11) is 2.54. The summed E-state index contributed by atoms with van der Waals surface area (Å²) >= 11 is 0. The van der Waals surface area contributed by atoms with E-state index in [4.69, 9.17) is 9.47 Å². The van der Waals surface area contributed by atoms with Gasteiger partial charge in [-0.05, 0) is 28.7 Å². The summed E-state index contributed by atoms with van der Waals surface area (Å²) in [4.78, 5) is 37.1. The van der Waals surface area contributed by atoms with Crippen LogP contribution in [-0.2, 0) is 23.9 Å². The van der Waals surface area contributed by atoms with Gasteiger partial charge in [-0.25, -0.2) is 4.79 Å². The molecule has 0 unspecified atom stereocenters. The zero-order chi connectivity index (χ0) is 20.3. The zero-order valence-corrected chi connectivity index (χ0v) is 16.1. The maximum absolute atomic E-state index is 13.2. The first kappa shape index (κ1) is 19.6. The number of benzene rings is 2. The van der Waals surface area contributed by atoms with Crippen LogP contribution < -0.4 is 5.32 Å². The van der Waals surface area contributed by atoms with E-state index in [1.165, 1.54) is 14.2 Å². The van der Waals surface area contributed by atoms with Crippen molar-refractivity contribution >= 4 is 17.8 Å². The van der Waals surface area contributed by atoms with Crippen LogP contribution in [0.3, 0.4) is 0 Å². The van der Waals surface area contributed by atoms with E-state index in [2.05, 4.69) is 5.32 Å². The van der Waals surface area contributed by atoms with Crippen LogP contribution in [0.25, 0.3) is 11.1 Å². The molecule has 0 radical (unpaired) electrons. The van der Waals surface area contributed by atoms with Crippen molar-refractivity contribution in [1.82, 2.24) is 5.32 Å². The van der Waals surface area contributed by atoms with Crippen LogP contribution in [0.5, 0.6) is 0 Å². The molecule has 2 aromatic carbocycles. The second-order valence-electron chi connectivity index (χ2n) is 6.85. The lowest BCUT2D eigenvalue weighted by Crippen LogP contribution is -2.45. The van der Waals surface area contributed by atoms with Gasteiger partial charge >= 0.3 is 11.9 Å². The van der Waals surface area contributed by atoms with Crippen molar-refractivity contribution in [1.29, 1.82) is 0 Å². The van der Waals surface area contributed by atoms with E-state index in [1.54, 1.807) is 6.92 Å². The fraction of sp³-hybridized carbons (Fsp3) is 0.318. The third-order valence-corrected chi connectivity index (χ3v) is 5.09. The SMILES string of the molecule is COC(=O)[C@H](C)C[C@@H](NC(=O)C1c2ccccc2-c2ccccc21)C(=O)OC. The Morgan fingerprint density at radius 1 is 0.893 bits per heavy atom. The lowest BCUT2D eigenvalue weighted by molar-refractivity contribution is -0.148. The number of amides is 1. The number of ether oxygens (including phenoxy) is 2. The molecule has 0 spiro atoms. The molecule has 1 amide bonds. The monoisotopic (exact) mass is 381 g/mol. The Morgan fingerprint density at radius 2 is 1.39 bits per heavy atom. The summed E-state index contributed by atoms with van der Waals surface area (Å²) in [5.41, 5.74) is 3.81. The fourth-order valence-corrected chi connectivity index (χ4v) is 3.70. The van der Waals surface area contributed by atoms with Crippen molar-refractivity contribution in [3.63, 3.8) is 0 Å². The van der Waals surface area contributed by atoms with E-state index in [0.717, 1.165) is 22.3 Å². The van der Waals surface area contributed by atoms with Gasteiger partial charge in [0.05, 0.1) is 26.1 Å². The van der Waals surface area contributed by atoms with Gasteiger partial charge in [-0.2, -0.15) is 0 Å². The molecule has 2 aromatic rings. The molecule has 0 saturated carbocycles. The molecule has 146 valence electrons. The van der Waals surface area contributed by atoms with Crippen LogP contribution in [0.1, 0.15) is 30.4 Å². The van der Waals surface area contributed by atoms with Gasteiger partial charge in [0.1, 0.15) is 6.04 Å². The van der Waals surface area contributed by atoms with Crippen molar-refractivity contribution in [3.05, 3.63) is 59.7 Å². The third kappa shape index (κ3) is 3.63. The highest BCUT2D eigenvalue weighted by Crippen LogP contribution is 2.44. The molecule has 6 nitrogen and oxygen atoms in total. The summed E-state index contributed by atoms with van der Waals surface area (Å²) in [5.74, 6) is -2.42. The second kappa shape index (κ2) is 8.25. The van der Waals surface area contributed by atoms with Gasteiger partial charge in [-0.3, -0.25) is 9.59 Å². The summed E-state index contributed by atoms with van der Waals surface area (Å²) in [6, 6.07) is 14.5. The summed E-state index contributed by atoms with van der Waals surface area (Å²) < 4.78 is 9.54. The van der Waals surface area contributed by atoms with Gasteiger partial charge in [0, 0.05) is 0 Å². The molecule has 0 saturated heterocycles. The number of fused-ring (bicyclic) bond motifs is 3. The van der Waals surface area contributed by atoms with Crippen molar-refractivity contribution in [3.8, 4) is 11.1 Å². The zero-order valence-electron chi connectivity index (χ0n) is 16.1. The van der Waals surface area contributed by atoms with Crippen LogP contribution in [0.4, 0.5) is 0 Å². The second-order valence-corrected chi connectivity index (χ2v) is 6.85. The van der Waals surface area contributed by atoms with Gasteiger partial charge in [-0.15, -0.1) is 0 Å². The first-order valence-electron chi connectivity index (χ1n) is 9.12. The van der Waals surface area contributed by atoms with E-state index >= 15 is 0 Å². The Hall–Kier alpha value is -3.15. The Labute approximate surface area is 163 Å². The molecule has 0 fully saturated rings. The van der Waals surface area contributed by atoms with E-state index < -0.39 is 29.8 Å². The normalized spacial score (nSPS) is 14.4. The topological polar surface area (TPSA) is 81.7 Å². The van der Waals surface area contributed by atoms with Crippen molar-refractivity contribution in [2.45, 2.75) is 25.3 Å². The van der Waals surface area contributed by atoms with Crippen LogP contribution in [0, 0.1) is 5.92 Å². The number of nitrogens with one attached hydrogen (secondary N) is 1. The first-order chi connectivity index (χ1) is 13.5. The average Bonchev–Trinajstić information content (AvgIpc) is 3.06. The third-order valence-electron chi connectivity index (χ3n) is 5.09. The summed E-state index contributed by atoms with van der Waals surface area (Å²) in [6.07, 6.45) is 0.0983. The first-order valence-corrected chi connectivity index (χ1v) is 9.12. The van der Waals surface area contributed by atoms with Crippen LogP contribution >= 0.6 is 0 Å². The molecule has 1 N–H and O–H groups in total. The summed E-state index contributed by atoms with van der Waals surface area (Å²) in [5, 5.41) is 2.78. The highest BCUT2D eigenvalue weighted by atomic mass is 16.5. The lowest BCUT2D eigenvalue weighted by Gasteiger charge is -2.22. The highest BCUT2D eigenvalue weighted by molar-refractivity contribution is 5.97. The molecule has 0 bridgehead atoms. The average molecular weight is 381 g/mol. The molecular weight excluding hydrogens is 358 g/mol. The number of hydrogen-bond donors (Lipinski definition) is 1. The number of hydrogen-bond acceptors (Lipinski definition) is 5. The Kier molecular flexibility index (Phi) is 5.78. The Morgan fingerprint density at radius 3 is 1.89 bits per heavy atom. The number of rotatable bonds is 6. The molecule has 0 heterocycles. The number of carbonyl (C=O) groups excluding carboxylic acids is 3. The molecule has 1 aliphatic rings. The van der Waals surface area contributed by atoms with Gasteiger partial charge in [0.15, 0.2) is 0 Å². The smallest absolute Gasteiger partial charge is 0.328 e. The maximum Gasteiger partial charge on any atom is 0.328 e. The highest BCUT2D eigenvalue weighted by Gasteiger charge is 2.36. The molecule has 0 aromatic heterocycles. The largest absolute Gasteiger partial charge is 0.469 e. The van der Waals surface area contributed by atoms with Gasteiger partial charge in [-0.1, -0.05) is 55.5 Å². The molecular formula is C22H23NO5. The predicted molar refractivity (Wildman–Crippen MR) is 103 cm³/mol. The predicted octanol–water partition coefficient (Wildman–Crippen LogP) is 2.66. The van der Waals surface area contributed by atoms with E-state index in [-0.39, 0.29) is 12.3 Å². The standard InChI is InChI=1S/C22H23NO5/c1-13(21(25)27-2)12-18(22(26)28-3)23-20(24)19-16-10-6-4-8-14(16)15-9-5-7-11-17(15)19/h4-11,13,18-19H,12H2,1-3H3,(H,23,24)/t13-,18-/m1/s1. The number of methoxy groups -OCH3 is 2. The lowest BCUT2D eigenvalue weighted by atomic mass is 9.94. The Bertz CT molecular complexity index is 862. The molecule has 6 heteroatoms. The number of esters is 2. The van der Waals surface area contributed by atoms with Crippen LogP contribution in [0.15, 0.2) is 48.5 Å². The number of carbonyl (C=O) groups is 3. The van der Waals surface area contributed by atoms with Crippen LogP contribution in [-0.4, -0.2) is 38.1 Å². The molecule has 3 rings (SSSR count). The van der Waals surface area contributed by atoms with E-state index in [9.17, 15) is 14.4 Å². The maximum atomic E-state index is 13.2. The van der Waals surface area contributed by atoms with Crippen LogP contribution in [0.2, 0.25) is 0 Å². The minimum Gasteiger partial charge on any atom is -0.469 e. The minimum atomic E-state index is -0.938. The molecule has 1 aliphatic carbocycles. The summed E-state index contributed by atoms with van der Waals surface area (Å²) in [6.45, 7) is 1.65. The van der Waals surface area contributed by atoms with E-state index in [1.807, 2.05) is 48.5 Å². The van der Waals surface area contributed by atoms with E-state index in [0.29, 0.717) is 0 Å². The molecule has 0 aliphatic heterocycles. The van der Waals surface area contributed by atoms with Gasteiger partial charge < -0.3 is 14.8 Å².